The first-order chi connectivity index (χ1) is 17.7. The van der Waals surface area contributed by atoms with Gasteiger partial charge in [0.05, 0.1) is 30.0 Å². The summed E-state index contributed by atoms with van der Waals surface area (Å²) in [5.41, 5.74) is 0. The van der Waals surface area contributed by atoms with E-state index in [1.54, 1.807) is 23.5 Å². The zero-order chi connectivity index (χ0) is 26.4. The fourth-order valence-corrected chi connectivity index (χ4v) is 15.5. The zero-order valence-electron chi connectivity index (χ0n) is 20.5. The maximum absolute atomic E-state index is 12.0. The highest BCUT2D eigenvalue weighted by Gasteiger charge is 2.04. The third-order valence-corrected chi connectivity index (χ3v) is 18.1. The van der Waals surface area contributed by atoms with Crippen molar-refractivity contribution in [2.75, 3.05) is 94.3 Å². The smallest absolute Gasteiger partial charge is 0.199 e. The molecule has 36 heavy (non-hydrogen) atoms. The summed E-state index contributed by atoms with van der Waals surface area (Å²) < 4.78 is 11.8. The molecule has 0 fully saturated rings. The van der Waals surface area contributed by atoms with E-state index < -0.39 is 10.8 Å². The van der Waals surface area contributed by atoms with Crippen molar-refractivity contribution in [1.82, 2.24) is 0 Å². The van der Waals surface area contributed by atoms with Crippen LogP contribution >= 0.6 is 129 Å². The number of hydrogen-bond donors (Lipinski definition) is 1. The number of rotatable bonds is 30. The van der Waals surface area contributed by atoms with Crippen molar-refractivity contribution in [3.63, 3.8) is 0 Å². The van der Waals surface area contributed by atoms with Crippen molar-refractivity contribution in [3.8, 4) is 0 Å². The van der Waals surface area contributed by atoms with Gasteiger partial charge >= 0.3 is 0 Å². The number of aliphatic hydroxyl groups excluding tert-OH is 1. The third kappa shape index (κ3) is 33.8. The molecule has 0 heterocycles. The largest absolute Gasteiger partial charge is 0.386 e. The Morgan fingerprint density at radius 3 is 1.89 bits per heavy atom. The summed E-state index contributed by atoms with van der Waals surface area (Å²) in [6.45, 7) is 3.22. The van der Waals surface area contributed by atoms with Gasteiger partial charge in [-0.2, -0.15) is 11.8 Å². The van der Waals surface area contributed by atoms with E-state index in [-0.39, 0.29) is 11.1 Å². The molecule has 0 bridgehead atoms. The van der Waals surface area contributed by atoms with E-state index in [0.29, 0.717) is 19.0 Å². The molecular formula is C19H38O5S12. The molecule has 1 unspecified atom stereocenters. The molecule has 0 aliphatic rings. The molecule has 0 rings (SSSR count). The lowest BCUT2D eigenvalue weighted by atomic mass is 10.9. The second kappa shape index (κ2) is 34.7. The van der Waals surface area contributed by atoms with Gasteiger partial charge in [0.2, 0.25) is 0 Å². The number of carbonyl (C=O) groups excluding carboxylic acids is 1. The lowest BCUT2D eigenvalue weighted by Gasteiger charge is -2.04. The van der Waals surface area contributed by atoms with E-state index in [2.05, 4.69) is 6.92 Å². The fraction of sp³-hybridized carbons (Fsp3) is 0.947. The van der Waals surface area contributed by atoms with E-state index in [9.17, 15) is 9.00 Å². The van der Waals surface area contributed by atoms with Gasteiger partial charge in [-0.3, -0.25) is 9.00 Å². The first-order valence-electron chi connectivity index (χ1n) is 10.8. The average molecular weight is 731 g/mol. The summed E-state index contributed by atoms with van der Waals surface area (Å²) in [5.74, 6) is 5.27. The molecule has 0 aromatic rings. The Balaban J connectivity index is 3.20. The topological polar surface area (TPSA) is 72.8 Å². The maximum Gasteiger partial charge on any atom is 0.199 e. The van der Waals surface area contributed by atoms with Crippen LogP contribution in [-0.2, 0) is 25.4 Å². The summed E-state index contributed by atoms with van der Waals surface area (Å²) in [5, 5.41) is 16.6. The van der Waals surface area contributed by atoms with Crippen LogP contribution in [0.15, 0.2) is 0 Å². The van der Waals surface area contributed by atoms with Crippen LogP contribution in [0, 0.1) is 0 Å². The van der Waals surface area contributed by atoms with Gasteiger partial charge < -0.3 is 5.11 Å². The van der Waals surface area contributed by atoms with E-state index in [1.807, 2.05) is 82.3 Å². The second-order valence-electron chi connectivity index (χ2n) is 5.96. The summed E-state index contributed by atoms with van der Waals surface area (Å²) in [4.78, 5) is 22.0. The third-order valence-electron chi connectivity index (χ3n) is 3.19. The van der Waals surface area contributed by atoms with Crippen LogP contribution < -0.4 is 0 Å². The minimum Gasteiger partial charge on any atom is -0.386 e. The molecule has 0 spiro atoms. The molecule has 0 amide bonds. The van der Waals surface area contributed by atoms with Crippen molar-refractivity contribution >= 4 is 145 Å². The molecule has 0 aliphatic heterocycles. The predicted octanol–water partition coefficient (Wildman–Crippen LogP) is 6.90. The molecule has 0 aromatic heterocycles. The quantitative estimate of drug-likeness (QED) is 0.0360. The first kappa shape index (κ1) is 39.5. The average Bonchev–Trinajstić information content (AvgIpc) is 2.87. The molecule has 0 aromatic carbocycles. The minimum absolute atomic E-state index is 0.118. The van der Waals surface area contributed by atoms with Gasteiger partial charge in [-0.05, 0) is 5.75 Å². The van der Waals surface area contributed by atoms with Crippen LogP contribution in [0.4, 0.5) is 0 Å². The van der Waals surface area contributed by atoms with Gasteiger partial charge in [0, 0.05) is 69.4 Å². The Kier molecular flexibility index (Phi) is 38.2. The van der Waals surface area contributed by atoms with Crippen LogP contribution in [0.5, 0.6) is 0 Å². The fourth-order valence-electron chi connectivity index (χ4n) is 1.71. The predicted molar refractivity (Wildman–Crippen MR) is 189 cm³/mol. The number of aliphatic hydroxyl groups is 1. The van der Waals surface area contributed by atoms with E-state index in [4.69, 9.17) is 14.9 Å². The van der Waals surface area contributed by atoms with Crippen LogP contribution in [0.2, 0.25) is 0 Å². The molecule has 0 saturated carbocycles. The summed E-state index contributed by atoms with van der Waals surface area (Å²) in [6.07, 6.45) is 0. The molecule has 1 atom stereocenters. The summed E-state index contributed by atoms with van der Waals surface area (Å²) in [6, 6.07) is 0. The van der Waals surface area contributed by atoms with Gasteiger partial charge in [0.25, 0.3) is 0 Å². The number of thioether (sulfide) groups is 11. The number of carbonyl (C=O) groups is 1. The molecule has 1 N–H and O–H groups in total. The van der Waals surface area contributed by atoms with Crippen LogP contribution in [-0.4, -0.2) is 109 Å². The highest BCUT2D eigenvalue weighted by atomic mass is 32.3. The van der Waals surface area contributed by atoms with Crippen LogP contribution in [0.3, 0.4) is 0 Å². The van der Waals surface area contributed by atoms with Crippen molar-refractivity contribution in [1.29, 1.82) is 0 Å². The highest BCUT2D eigenvalue weighted by molar-refractivity contribution is 8.31. The lowest BCUT2D eigenvalue weighted by Crippen LogP contribution is -2.02. The van der Waals surface area contributed by atoms with E-state index in [0.717, 1.165) is 69.4 Å². The van der Waals surface area contributed by atoms with E-state index in [1.165, 1.54) is 23.5 Å². The van der Waals surface area contributed by atoms with E-state index >= 15 is 0 Å². The normalized spacial score (nSPS) is 12.3. The molecule has 216 valence electrons. The van der Waals surface area contributed by atoms with Gasteiger partial charge in [-0.25, -0.2) is 9.78 Å². The molecule has 0 aliphatic carbocycles. The SMILES string of the molecule is CCSCCS(=O)CSCSCSCSCSC(=O)CSCSCSCSCCOOCCSCO. The molecule has 0 saturated heterocycles. The van der Waals surface area contributed by atoms with Crippen molar-refractivity contribution in [3.05, 3.63) is 0 Å². The maximum atomic E-state index is 12.0. The molecular weight excluding hydrogens is 693 g/mol. The standard InChI is InChI=1S/C19H38O5S12/c1-2-25-7-8-36(22)18-34-16-32-14-31-15-33-17-35-19(21)9-28-12-30-13-29-11-27-6-4-24-23-3-5-26-10-20/h20H,2-18H2,1H3. The van der Waals surface area contributed by atoms with Gasteiger partial charge in [-0.15, -0.1) is 106 Å². The summed E-state index contributed by atoms with van der Waals surface area (Å²) in [7, 11) is -0.680. The van der Waals surface area contributed by atoms with Crippen molar-refractivity contribution in [2.24, 2.45) is 0 Å². The van der Waals surface area contributed by atoms with Crippen molar-refractivity contribution < 1.29 is 23.9 Å². The van der Waals surface area contributed by atoms with Gasteiger partial charge in [0.15, 0.2) is 5.12 Å². The highest BCUT2D eigenvalue weighted by Crippen LogP contribution is 2.25. The Morgan fingerprint density at radius 2 is 1.25 bits per heavy atom. The minimum atomic E-state index is -0.680. The Morgan fingerprint density at radius 1 is 0.694 bits per heavy atom. The first-order valence-corrected chi connectivity index (χ1v) is 24.9. The van der Waals surface area contributed by atoms with Crippen LogP contribution in [0.25, 0.3) is 0 Å². The van der Waals surface area contributed by atoms with Crippen molar-refractivity contribution in [2.45, 2.75) is 6.92 Å². The Labute approximate surface area is 267 Å². The molecule has 0 radical (unpaired) electrons. The molecule has 5 nitrogen and oxygen atoms in total. The zero-order valence-corrected chi connectivity index (χ0v) is 30.3. The Bertz CT molecular complexity index is 496. The van der Waals surface area contributed by atoms with Gasteiger partial charge in [0.1, 0.15) is 0 Å². The second-order valence-corrected chi connectivity index (χ2v) is 22.0. The monoisotopic (exact) mass is 730 g/mol. The Hall–Kier alpha value is 3.55. The summed E-state index contributed by atoms with van der Waals surface area (Å²) >= 11 is 19.4. The lowest BCUT2D eigenvalue weighted by molar-refractivity contribution is -0.285. The number of hydrogen-bond acceptors (Lipinski definition) is 16. The van der Waals surface area contributed by atoms with Gasteiger partial charge in [-0.1, -0.05) is 18.7 Å². The van der Waals surface area contributed by atoms with Crippen LogP contribution in [0.1, 0.15) is 6.92 Å². The molecule has 17 heteroatoms.